The lowest BCUT2D eigenvalue weighted by Gasteiger charge is -2.46. The van der Waals surface area contributed by atoms with Gasteiger partial charge in [-0.2, -0.15) is 5.10 Å². The lowest BCUT2D eigenvalue weighted by Crippen LogP contribution is -2.57. The fourth-order valence-corrected chi connectivity index (χ4v) is 6.16. The highest BCUT2D eigenvalue weighted by molar-refractivity contribution is 7.17. The summed E-state index contributed by atoms with van der Waals surface area (Å²) in [6.45, 7) is 9.09. The molecule has 6 nitrogen and oxygen atoms in total. The molecule has 160 valence electrons. The van der Waals surface area contributed by atoms with Crippen LogP contribution in [-0.2, 0) is 0 Å². The summed E-state index contributed by atoms with van der Waals surface area (Å²) in [5.74, 6) is 0.633. The number of aromatic amines is 1. The van der Waals surface area contributed by atoms with Crippen molar-refractivity contribution in [3.8, 4) is 28.1 Å². The molecule has 1 fully saturated rings. The lowest BCUT2D eigenvalue weighted by atomic mass is 9.73. The van der Waals surface area contributed by atoms with Gasteiger partial charge < -0.3 is 10.4 Å². The summed E-state index contributed by atoms with van der Waals surface area (Å²) in [6.07, 6.45) is 5.68. The maximum atomic E-state index is 10.6. The van der Waals surface area contributed by atoms with Gasteiger partial charge in [-0.05, 0) is 81.2 Å². The number of piperidine rings is 1. The third kappa shape index (κ3) is 3.83. The molecule has 0 saturated carbocycles. The van der Waals surface area contributed by atoms with Crippen molar-refractivity contribution >= 4 is 21.6 Å². The van der Waals surface area contributed by atoms with Crippen molar-refractivity contribution in [3.05, 3.63) is 47.6 Å². The van der Waals surface area contributed by atoms with Gasteiger partial charge in [-0.15, -0.1) is 21.5 Å². The average molecular weight is 434 g/mol. The summed E-state index contributed by atoms with van der Waals surface area (Å²) < 4.78 is 1.10. The Kier molecular flexibility index (Phi) is 4.64. The molecule has 31 heavy (non-hydrogen) atoms. The first kappa shape index (κ1) is 20.2. The van der Waals surface area contributed by atoms with Crippen molar-refractivity contribution < 1.29 is 5.11 Å². The molecule has 3 N–H and O–H groups in total. The maximum absolute atomic E-state index is 10.6. The van der Waals surface area contributed by atoms with Gasteiger partial charge in [0.2, 0.25) is 0 Å². The van der Waals surface area contributed by atoms with Crippen LogP contribution in [0.4, 0.5) is 0 Å². The van der Waals surface area contributed by atoms with Gasteiger partial charge in [0.05, 0.1) is 16.6 Å². The molecular weight excluding hydrogens is 406 g/mol. The number of phenols is 1. The number of hydrogen-bond donors (Lipinski definition) is 3. The molecule has 4 heterocycles. The van der Waals surface area contributed by atoms with Gasteiger partial charge in [0.1, 0.15) is 11.3 Å². The Morgan fingerprint density at radius 2 is 1.81 bits per heavy atom. The second kappa shape index (κ2) is 7.14. The summed E-state index contributed by atoms with van der Waals surface area (Å²) >= 11 is 1.71. The van der Waals surface area contributed by atoms with E-state index in [-0.39, 0.29) is 16.8 Å². The molecule has 0 spiro atoms. The summed E-state index contributed by atoms with van der Waals surface area (Å²) in [6, 6.07) is 7.64. The summed E-state index contributed by atoms with van der Waals surface area (Å²) in [7, 11) is 0. The minimum atomic E-state index is 0.0799. The van der Waals surface area contributed by atoms with Crippen LogP contribution in [0.2, 0.25) is 0 Å². The van der Waals surface area contributed by atoms with Crippen LogP contribution in [-0.4, -0.2) is 36.6 Å². The molecule has 5 rings (SSSR count). The first-order valence-electron chi connectivity index (χ1n) is 10.6. The van der Waals surface area contributed by atoms with Gasteiger partial charge in [0, 0.05) is 28.4 Å². The van der Waals surface area contributed by atoms with Gasteiger partial charge in [-0.1, -0.05) is 6.07 Å². The number of H-pyrrole nitrogens is 1. The molecule has 7 heteroatoms. The van der Waals surface area contributed by atoms with Crippen LogP contribution in [0.5, 0.6) is 5.75 Å². The van der Waals surface area contributed by atoms with Gasteiger partial charge in [0.15, 0.2) is 0 Å². The van der Waals surface area contributed by atoms with E-state index in [0.717, 1.165) is 34.2 Å². The predicted molar refractivity (Wildman–Crippen MR) is 125 cm³/mol. The smallest absolute Gasteiger partial charge is 0.125 e. The number of fused-ring (bicyclic) bond motifs is 1. The maximum Gasteiger partial charge on any atom is 0.125 e. The van der Waals surface area contributed by atoms with E-state index in [4.69, 9.17) is 0 Å². The number of aromatic hydroxyl groups is 1. The molecule has 1 saturated heterocycles. The molecule has 3 aromatic heterocycles. The molecule has 1 aliphatic rings. The van der Waals surface area contributed by atoms with E-state index >= 15 is 0 Å². The third-order valence-corrected chi connectivity index (χ3v) is 7.02. The van der Waals surface area contributed by atoms with Gasteiger partial charge in [-0.25, -0.2) is 0 Å². The monoisotopic (exact) mass is 433 g/mol. The van der Waals surface area contributed by atoms with Crippen LogP contribution in [0, 0.1) is 0 Å². The Bertz CT molecular complexity index is 1230. The van der Waals surface area contributed by atoms with E-state index in [9.17, 15) is 5.11 Å². The highest BCUT2D eigenvalue weighted by Crippen LogP contribution is 2.43. The van der Waals surface area contributed by atoms with Crippen molar-refractivity contribution in [2.75, 3.05) is 0 Å². The summed E-state index contributed by atoms with van der Waals surface area (Å²) in [5, 5.41) is 32.5. The molecule has 4 aromatic rings. The quantitative estimate of drug-likeness (QED) is 0.398. The first-order chi connectivity index (χ1) is 14.7. The van der Waals surface area contributed by atoms with E-state index in [1.807, 2.05) is 18.2 Å². The van der Waals surface area contributed by atoms with Crippen LogP contribution < -0.4 is 5.32 Å². The normalized spacial score (nSPS) is 18.5. The number of aromatic nitrogens is 4. The molecule has 0 unspecified atom stereocenters. The second-order valence-corrected chi connectivity index (χ2v) is 10.8. The molecule has 1 aromatic carbocycles. The zero-order chi connectivity index (χ0) is 21.8. The predicted octanol–water partition coefficient (Wildman–Crippen LogP) is 5.48. The molecule has 0 radical (unpaired) electrons. The SMILES string of the molecule is CC1(C)CC(c2csc3cc(-c4ccc(-c5cn[nH]c5)cc4O)nnc23)CC(C)(C)N1. The Morgan fingerprint density at radius 1 is 1.03 bits per heavy atom. The Balaban J connectivity index is 1.49. The van der Waals surface area contributed by atoms with Crippen molar-refractivity contribution in [1.82, 2.24) is 25.7 Å². The van der Waals surface area contributed by atoms with E-state index in [1.54, 1.807) is 29.8 Å². The topological polar surface area (TPSA) is 86.7 Å². The van der Waals surface area contributed by atoms with Gasteiger partial charge in [0.25, 0.3) is 0 Å². The zero-order valence-electron chi connectivity index (χ0n) is 18.2. The van der Waals surface area contributed by atoms with Gasteiger partial charge >= 0.3 is 0 Å². The van der Waals surface area contributed by atoms with E-state index in [0.29, 0.717) is 17.2 Å². The zero-order valence-corrected chi connectivity index (χ0v) is 19.0. The molecule has 0 aliphatic carbocycles. The van der Waals surface area contributed by atoms with Crippen molar-refractivity contribution in [1.29, 1.82) is 0 Å². The lowest BCUT2D eigenvalue weighted by molar-refractivity contribution is 0.162. The average Bonchev–Trinajstić information content (AvgIpc) is 3.35. The van der Waals surface area contributed by atoms with Crippen LogP contribution in [0.15, 0.2) is 42.0 Å². The Morgan fingerprint density at radius 3 is 2.48 bits per heavy atom. The number of phenolic OH excluding ortho intramolecular Hbond substituents is 1. The summed E-state index contributed by atoms with van der Waals surface area (Å²) in [5.41, 5.74) is 5.64. The van der Waals surface area contributed by atoms with Gasteiger partial charge in [-0.3, -0.25) is 5.10 Å². The molecule has 0 amide bonds. The highest BCUT2D eigenvalue weighted by Gasteiger charge is 2.39. The third-order valence-electron chi connectivity index (χ3n) is 6.08. The number of nitrogens with zero attached hydrogens (tertiary/aromatic N) is 3. The second-order valence-electron chi connectivity index (χ2n) is 9.85. The molecular formula is C24H27N5OS. The highest BCUT2D eigenvalue weighted by atomic mass is 32.1. The van der Waals surface area contributed by atoms with Crippen LogP contribution >= 0.6 is 11.3 Å². The van der Waals surface area contributed by atoms with Crippen molar-refractivity contribution in [2.45, 2.75) is 57.5 Å². The van der Waals surface area contributed by atoms with Crippen LogP contribution in [0.1, 0.15) is 52.0 Å². The standard InChI is InChI=1S/C24H27N5OS/c1-23(2)9-15(10-24(3,4)29-23)18-13-31-21-8-19(27-28-22(18)21)17-6-5-14(7-20(17)30)16-11-25-26-12-16/h5-8,11-13,15,29-30H,9-10H2,1-4H3,(H,25,26). The number of thiophene rings is 1. The molecule has 0 atom stereocenters. The molecule has 0 bridgehead atoms. The number of nitrogens with one attached hydrogen (secondary N) is 2. The minimum Gasteiger partial charge on any atom is -0.507 e. The molecule has 1 aliphatic heterocycles. The van der Waals surface area contributed by atoms with Crippen molar-refractivity contribution in [3.63, 3.8) is 0 Å². The van der Waals surface area contributed by atoms with E-state index in [2.05, 4.69) is 58.8 Å². The number of rotatable bonds is 3. The Hall–Kier alpha value is -2.77. The summed E-state index contributed by atoms with van der Waals surface area (Å²) in [4.78, 5) is 0. The number of hydrogen-bond acceptors (Lipinski definition) is 6. The minimum absolute atomic E-state index is 0.0799. The fraction of sp³-hybridized carbons (Fsp3) is 0.375. The van der Waals surface area contributed by atoms with E-state index in [1.165, 1.54) is 5.56 Å². The largest absolute Gasteiger partial charge is 0.507 e. The first-order valence-corrected chi connectivity index (χ1v) is 11.5. The fourth-order valence-electron chi connectivity index (χ4n) is 5.15. The Labute approximate surface area is 185 Å². The number of benzene rings is 1. The van der Waals surface area contributed by atoms with Crippen LogP contribution in [0.25, 0.3) is 32.6 Å². The van der Waals surface area contributed by atoms with Crippen LogP contribution in [0.3, 0.4) is 0 Å². The van der Waals surface area contributed by atoms with E-state index < -0.39 is 0 Å². The van der Waals surface area contributed by atoms with Crippen molar-refractivity contribution in [2.24, 2.45) is 0 Å².